The third kappa shape index (κ3) is 1.48. The summed E-state index contributed by atoms with van der Waals surface area (Å²) in [6.07, 6.45) is 12.3. The molecule has 3 saturated carbocycles. The Bertz CT molecular complexity index is 443. The van der Waals surface area contributed by atoms with Gasteiger partial charge in [-0.25, -0.2) is 0 Å². The van der Waals surface area contributed by atoms with Crippen molar-refractivity contribution >= 4 is 0 Å². The Hall–Kier alpha value is -0.300. The Morgan fingerprint density at radius 1 is 1.20 bits per heavy atom. The van der Waals surface area contributed by atoms with Crippen LogP contribution in [0, 0.1) is 28.6 Å². The molecule has 0 aromatic heterocycles. The molecule has 0 aromatic carbocycles. The molecule has 20 heavy (non-hydrogen) atoms. The van der Waals surface area contributed by atoms with E-state index >= 15 is 0 Å². The SMILES string of the molecule is C=CC1(C)CCC2(C)C3CCCC(C)C3CC3OC32C1. The normalized spacial score (nSPS) is 61.0. The highest BCUT2D eigenvalue weighted by molar-refractivity contribution is 5.24. The van der Waals surface area contributed by atoms with Gasteiger partial charge < -0.3 is 4.74 Å². The van der Waals surface area contributed by atoms with Crippen molar-refractivity contribution in [2.45, 2.75) is 77.4 Å². The van der Waals surface area contributed by atoms with Gasteiger partial charge in [0.2, 0.25) is 0 Å². The van der Waals surface area contributed by atoms with Gasteiger partial charge in [0.15, 0.2) is 0 Å². The standard InChI is InChI=1S/C19H30O/c1-5-17(3)9-10-18(4)15-8-6-7-13(2)14(15)11-16-19(18,12-17)20-16/h5,13-16H,1,6-12H2,2-4H3. The number of allylic oxidation sites excluding steroid dienone is 1. The van der Waals surface area contributed by atoms with Crippen molar-refractivity contribution in [2.24, 2.45) is 28.6 Å². The van der Waals surface area contributed by atoms with Crippen LogP contribution in [-0.2, 0) is 4.74 Å². The van der Waals surface area contributed by atoms with Crippen molar-refractivity contribution in [3.63, 3.8) is 0 Å². The van der Waals surface area contributed by atoms with Gasteiger partial charge in [0.05, 0.1) is 6.10 Å². The van der Waals surface area contributed by atoms with Crippen LogP contribution in [0.3, 0.4) is 0 Å². The van der Waals surface area contributed by atoms with E-state index in [4.69, 9.17) is 4.74 Å². The fourth-order valence-corrected chi connectivity index (χ4v) is 6.36. The summed E-state index contributed by atoms with van der Waals surface area (Å²) in [6.45, 7) is 11.6. The molecule has 7 unspecified atom stereocenters. The summed E-state index contributed by atoms with van der Waals surface area (Å²) in [6, 6.07) is 0. The average Bonchev–Trinajstić information content (AvgIpc) is 3.12. The second-order valence-electron chi connectivity index (χ2n) is 8.86. The number of rotatable bonds is 1. The lowest BCUT2D eigenvalue weighted by Gasteiger charge is -2.57. The van der Waals surface area contributed by atoms with E-state index in [1.807, 2.05) is 0 Å². The first-order valence-electron chi connectivity index (χ1n) is 8.76. The maximum atomic E-state index is 6.46. The van der Waals surface area contributed by atoms with Crippen LogP contribution in [0.1, 0.15) is 65.7 Å². The minimum Gasteiger partial charge on any atom is -0.365 e. The zero-order valence-electron chi connectivity index (χ0n) is 13.5. The molecule has 0 aromatic rings. The van der Waals surface area contributed by atoms with Crippen LogP contribution < -0.4 is 0 Å². The highest BCUT2D eigenvalue weighted by Crippen LogP contribution is 2.72. The van der Waals surface area contributed by atoms with Crippen LogP contribution in [0.25, 0.3) is 0 Å². The highest BCUT2D eigenvalue weighted by atomic mass is 16.6. The lowest BCUT2D eigenvalue weighted by Crippen LogP contribution is -2.56. The number of ether oxygens (including phenoxy) is 1. The van der Waals surface area contributed by atoms with Crippen molar-refractivity contribution in [1.82, 2.24) is 0 Å². The zero-order valence-corrected chi connectivity index (χ0v) is 13.5. The second-order valence-corrected chi connectivity index (χ2v) is 8.86. The van der Waals surface area contributed by atoms with Gasteiger partial charge in [0.25, 0.3) is 0 Å². The highest BCUT2D eigenvalue weighted by Gasteiger charge is 2.75. The molecule has 1 spiro atoms. The minimum absolute atomic E-state index is 0.215. The van der Waals surface area contributed by atoms with Gasteiger partial charge in [-0.3, -0.25) is 0 Å². The van der Waals surface area contributed by atoms with E-state index in [-0.39, 0.29) is 5.60 Å². The van der Waals surface area contributed by atoms with Crippen LogP contribution in [0.15, 0.2) is 12.7 Å². The van der Waals surface area contributed by atoms with Gasteiger partial charge in [-0.2, -0.15) is 0 Å². The minimum atomic E-state index is 0.215. The zero-order chi connectivity index (χ0) is 14.2. The third-order valence-electron chi connectivity index (χ3n) is 7.88. The summed E-state index contributed by atoms with van der Waals surface area (Å²) in [5.74, 6) is 2.77. The summed E-state index contributed by atoms with van der Waals surface area (Å²) in [5, 5.41) is 0. The van der Waals surface area contributed by atoms with Crippen LogP contribution in [0.4, 0.5) is 0 Å². The van der Waals surface area contributed by atoms with Crippen molar-refractivity contribution in [3.8, 4) is 0 Å². The molecule has 4 aliphatic rings. The Balaban J connectivity index is 1.70. The van der Waals surface area contributed by atoms with Crippen molar-refractivity contribution in [3.05, 3.63) is 12.7 Å². The quantitative estimate of drug-likeness (QED) is 0.486. The van der Waals surface area contributed by atoms with E-state index in [0.717, 1.165) is 17.8 Å². The largest absolute Gasteiger partial charge is 0.365 e. The molecular formula is C19H30O. The van der Waals surface area contributed by atoms with E-state index in [1.54, 1.807) is 0 Å². The molecule has 0 N–H and O–H groups in total. The summed E-state index contributed by atoms with van der Waals surface area (Å²) < 4.78 is 6.46. The number of hydrogen-bond donors (Lipinski definition) is 0. The molecule has 0 amide bonds. The van der Waals surface area contributed by atoms with Crippen molar-refractivity contribution in [1.29, 1.82) is 0 Å². The van der Waals surface area contributed by atoms with Gasteiger partial charge in [-0.1, -0.05) is 39.7 Å². The molecule has 1 saturated heterocycles. The predicted molar refractivity (Wildman–Crippen MR) is 82.5 cm³/mol. The Morgan fingerprint density at radius 3 is 2.75 bits per heavy atom. The van der Waals surface area contributed by atoms with Crippen LogP contribution in [0.2, 0.25) is 0 Å². The molecule has 0 radical (unpaired) electrons. The van der Waals surface area contributed by atoms with E-state index < -0.39 is 0 Å². The first kappa shape index (κ1) is 13.4. The second kappa shape index (κ2) is 3.91. The summed E-state index contributed by atoms with van der Waals surface area (Å²) in [4.78, 5) is 0. The first-order valence-corrected chi connectivity index (χ1v) is 8.76. The summed E-state index contributed by atoms with van der Waals surface area (Å²) in [7, 11) is 0. The lowest BCUT2D eigenvalue weighted by molar-refractivity contribution is -0.0780. The Morgan fingerprint density at radius 2 is 2.00 bits per heavy atom. The first-order chi connectivity index (χ1) is 9.44. The average molecular weight is 274 g/mol. The van der Waals surface area contributed by atoms with Gasteiger partial charge >= 0.3 is 0 Å². The van der Waals surface area contributed by atoms with E-state index in [1.165, 1.54) is 44.9 Å². The number of fused-ring (bicyclic) bond motifs is 2. The molecule has 1 heteroatoms. The summed E-state index contributed by atoms with van der Waals surface area (Å²) in [5.41, 5.74) is 0.964. The fourth-order valence-electron chi connectivity index (χ4n) is 6.36. The van der Waals surface area contributed by atoms with E-state index in [2.05, 4.69) is 33.4 Å². The molecular weight excluding hydrogens is 244 g/mol. The number of epoxide rings is 1. The molecule has 4 rings (SSSR count). The Labute approximate surface area is 124 Å². The maximum absolute atomic E-state index is 6.46. The van der Waals surface area contributed by atoms with Crippen LogP contribution in [-0.4, -0.2) is 11.7 Å². The maximum Gasteiger partial charge on any atom is 0.101 e. The topological polar surface area (TPSA) is 12.5 Å². The van der Waals surface area contributed by atoms with Gasteiger partial charge in [0.1, 0.15) is 5.60 Å². The lowest BCUT2D eigenvalue weighted by atomic mass is 9.45. The molecule has 7 atom stereocenters. The number of hydrogen-bond acceptors (Lipinski definition) is 1. The molecule has 0 bridgehead atoms. The van der Waals surface area contributed by atoms with Gasteiger partial charge in [0, 0.05) is 5.41 Å². The molecule has 1 aliphatic heterocycles. The molecule has 1 nitrogen and oxygen atoms in total. The summed E-state index contributed by atoms with van der Waals surface area (Å²) >= 11 is 0. The van der Waals surface area contributed by atoms with Gasteiger partial charge in [-0.05, 0) is 55.3 Å². The molecule has 3 aliphatic carbocycles. The fraction of sp³-hybridized carbons (Fsp3) is 0.895. The van der Waals surface area contributed by atoms with Crippen molar-refractivity contribution in [2.75, 3.05) is 0 Å². The van der Waals surface area contributed by atoms with Crippen molar-refractivity contribution < 1.29 is 4.74 Å². The molecule has 4 fully saturated rings. The van der Waals surface area contributed by atoms with E-state index in [0.29, 0.717) is 16.9 Å². The molecule has 1 heterocycles. The Kier molecular flexibility index (Phi) is 2.61. The van der Waals surface area contributed by atoms with Crippen LogP contribution >= 0.6 is 0 Å². The third-order valence-corrected chi connectivity index (χ3v) is 7.88. The van der Waals surface area contributed by atoms with Gasteiger partial charge in [-0.15, -0.1) is 6.58 Å². The monoisotopic (exact) mass is 274 g/mol. The van der Waals surface area contributed by atoms with Crippen LogP contribution in [0.5, 0.6) is 0 Å². The predicted octanol–water partition coefficient (Wildman–Crippen LogP) is 4.96. The molecule has 112 valence electrons. The van der Waals surface area contributed by atoms with E-state index in [9.17, 15) is 0 Å². The smallest absolute Gasteiger partial charge is 0.101 e.